The van der Waals surface area contributed by atoms with Gasteiger partial charge in [0.15, 0.2) is 17.3 Å². The second-order valence-corrected chi connectivity index (χ2v) is 6.13. The summed E-state index contributed by atoms with van der Waals surface area (Å²) in [5, 5.41) is 4.67. The van der Waals surface area contributed by atoms with Crippen LogP contribution >= 0.6 is 0 Å². The molecule has 0 spiro atoms. The molecule has 0 bridgehead atoms. The molecular formula is C21H20N4O2. The maximum Gasteiger partial charge on any atom is 0.252 e. The Morgan fingerprint density at radius 2 is 1.70 bits per heavy atom. The van der Waals surface area contributed by atoms with E-state index in [1.807, 2.05) is 42.5 Å². The van der Waals surface area contributed by atoms with E-state index in [2.05, 4.69) is 27.2 Å². The van der Waals surface area contributed by atoms with Gasteiger partial charge in [0.05, 0.1) is 19.9 Å². The summed E-state index contributed by atoms with van der Waals surface area (Å²) in [6, 6.07) is 18.0. The van der Waals surface area contributed by atoms with Crippen molar-refractivity contribution in [3.8, 4) is 22.8 Å². The smallest absolute Gasteiger partial charge is 0.252 e. The summed E-state index contributed by atoms with van der Waals surface area (Å²) in [5.74, 6) is 2.83. The van der Waals surface area contributed by atoms with Gasteiger partial charge in [-0.05, 0) is 30.2 Å². The minimum Gasteiger partial charge on any atom is -0.493 e. The standard InChI is InChI=1S/C21H20N4O2/c1-26-18-10-8-15(14-19(18)27-2)9-11-20-23-21-22-13-12-17(25(21)24-20)16-6-4-3-5-7-16/h3-8,10,12-14H,9,11H2,1-2H3. The molecule has 6 heteroatoms. The molecule has 136 valence electrons. The molecule has 0 saturated carbocycles. The minimum absolute atomic E-state index is 0.610. The van der Waals surface area contributed by atoms with Gasteiger partial charge in [-0.25, -0.2) is 4.98 Å². The fourth-order valence-electron chi connectivity index (χ4n) is 3.06. The molecule has 0 amide bonds. The van der Waals surface area contributed by atoms with Gasteiger partial charge in [0.25, 0.3) is 5.78 Å². The quantitative estimate of drug-likeness (QED) is 0.526. The van der Waals surface area contributed by atoms with E-state index in [9.17, 15) is 0 Å². The maximum atomic E-state index is 5.37. The summed E-state index contributed by atoms with van der Waals surface area (Å²) in [6.07, 6.45) is 3.29. The molecule has 2 aromatic heterocycles. The van der Waals surface area contributed by atoms with Gasteiger partial charge in [-0.15, -0.1) is 5.10 Å². The highest BCUT2D eigenvalue weighted by molar-refractivity contribution is 5.61. The normalized spacial score (nSPS) is 10.9. The van der Waals surface area contributed by atoms with Crippen LogP contribution in [0.1, 0.15) is 11.4 Å². The van der Waals surface area contributed by atoms with E-state index in [0.717, 1.165) is 40.6 Å². The third-order valence-corrected chi connectivity index (χ3v) is 4.44. The zero-order valence-electron chi connectivity index (χ0n) is 15.3. The van der Waals surface area contributed by atoms with Gasteiger partial charge in [0.1, 0.15) is 0 Å². The fourth-order valence-corrected chi connectivity index (χ4v) is 3.06. The zero-order valence-corrected chi connectivity index (χ0v) is 15.3. The Bertz CT molecular complexity index is 1060. The molecule has 6 nitrogen and oxygen atoms in total. The number of benzene rings is 2. The fraction of sp³-hybridized carbons (Fsp3) is 0.190. The van der Waals surface area contributed by atoms with Crippen molar-refractivity contribution in [3.63, 3.8) is 0 Å². The van der Waals surface area contributed by atoms with Crippen LogP contribution in [0.2, 0.25) is 0 Å². The maximum absolute atomic E-state index is 5.37. The lowest BCUT2D eigenvalue weighted by atomic mass is 10.1. The number of rotatable bonds is 6. The Kier molecular flexibility index (Phi) is 4.70. The van der Waals surface area contributed by atoms with Gasteiger partial charge in [-0.3, -0.25) is 0 Å². The van der Waals surface area contributed by atoms with Crippen molar-refractivity contribution in [2.45, 2.75) is 12.8 Å². The average Bonchev–Trinajstić information content (AvgIpc) is 3.15. The van der Waals surface area contributed by atoms with Crippen LogP contribution in [-0.4, -0.2) is 33.8 Å². The monoisotopic (exact) mass is 360 g/mol. The highest BCUT2D eigenvalue weighted by Gasteiger charge is 2.11. The summed E-state index contributed by atoms with van der Waals surface area (Å²) < 4.78 is 12.5. The molecule has 0 radical (unpaired) electrons. The van der Waals surface area contributed by atoms with Gasteiger partial charge in [0, 0.05) is 18.2 Å². The first-order chi connectivity index (χ1) is 13.3. The zero-order chi connectivity index (χ0) is 18.6. The van der Waals surface area contributed by atoms with E-state index in [4.69, 9.17) is 9.47 Å². The van der Waals surface area contributed by atoms with E-state index < -0.39 is 0 Å². The number of aryl methyl sites for hydroxylation is 2. The summed E-state index contributed by atoms with van der Waals surface area (Å²) in [7, 11) is 3.28. The number of nitrogens with zero attached hydrogens (tertiary/aromatic N) is 4. The summed E-state index contributed by atoms with van der Waals surface area (Å²) in [6.45, 7) is 0. The lowest BCUT2D eigenvalue weighted by Crippen LogP contribution is -1.98. The molecule has 0 atom stereocenters. The Balaban J connectivity index is 1.59. The number of methoxy groups -OCH3 is 2. The van der Waals surface area contributed by atoms with Crippen LogP contribution in [0.25, 0.3) is 17.0 Å². The summed E-state index contributed by atoms with van der Waals surface area (Å²) >= 11 is 0. The lowest BCUT2D eigenvalue weighted by molar-refractivity contribution is 0.354. The topological polar surface area (TPSA) is 61.5 Å². The van der Waals surface area contributed by atoms with Crippen LogP contribution < -0.4 is 9.47 Å². The van der Waals surface area contributed by atoms with Crippen molar-refractivity contribution < 1.29 is 9.47 Å². The van der Waals surface area contributed by atoms with Crippen molar-refractivity contribution in [1.82, 2.24) is 19.6 Å². The second-order valence-electron chi connectivity index (χ2n) is 6.13. The van der Waals surface area contributed by atoms with Crippen molar-refractivity contribution in [3.05, 3.63) is 72.2 Å². The number of ether oxygens (including phenoxy) is 2. The predicted molar refractivity (Wildman–Crippen MR) is 103 cm³/mol. The Morgan fingerprint density at radius 1 is 0.889 bits per heavy atom. The molecule has 4 aromatic rings. The number of aromatic nitrogens is 4. The molecule has 0 saturated heterocycles. The van der Waals surface area contributed by atoms with Gasteiger partial charge >= 0.3 is 0 Å². The number of fused-ring (bicyclic) bond motifs is 1. The highest BCUT2D eigenvalue weighted by Crippen LogP contribution is 2.28. The van der Waals surface area contributed by atoms with Crippen molar-refractivity contribution in [1.29, 1.82) is 0 Å². The van der Waals surface area contributed by atoms with Gasteiger partial charge < -0.3 is 9.47 Å². The minimum atomic E-state index is 0.610. The van der Waals surface area contributed by atoms with Gasteiger partial charge in [0.2, 0.25) is 0 Å². The molecule has 0 aliphatic rings. The molecule has 0 unspecified atom stereocenters. The molecule has 0 aliphatic carbocycles. The van der Waals surface area contributed by atoms with E-state index >= 15 is 0 Å². The molecule has 2 aromatic carbocycles. The van der Waals surface area contributed by atoms with Crippen molar-refractivity contribution in [2.24, 2.45) is 0 Å². The van der Waals surface area contributed by atoms with Crippen LogP contribution in [0, 0.1) is 0 Å². The molecule has 0 N–H and O–H groups in total. The first-order valence-electron chi connectivity index (χ1n) is 8.75. The van der Waals surface area contributed by atoms with Crippen LogP contribution in [0.15, 0.2) is 60.8 Å². The van der Waals surface area contributed by atoms with E-state index in [1.165, 1.54) is 0 Å². The van der Waals surface area contributed by atoms with E-state index in [1.54, 1.807) is 24.9 Å². The SMILES string of the molecule is COc1ccc(CCc2nc3nccc(-c4ccccc4)n3n2)cc1OC. The number of hydrogen-bond acceptors (Lipinski definition) is 5. The highest BCUT2D eigenvalue weighted by atomic mass is 16.5. The van der Waals surface area contributed by atoms with Crippen molar-refractivity contribution >= 4 is 5.78 Å². The van der Waals surface area contributed by atoms with Gasteiger partial charge in [-0.1, -0.05) is 36.4 Å². The van der Waals surface area contributed by atoms with E-state index in [-0.39, 0.29) is 0 Å². The Morgan fingerprint density at radius 3 is 2.48 bits per heavy atom. The molecule has 27 heavy (non-hydrogen) atoms. The van der Waals surface area contributed by atoms with Crippen LogP contribution in [-0.2, 0) is 12.8 Å². The largest absolute Gasteiger partial charge is 0.493 e. The number of hydrogen-bond donors (Lipinski definition) is 0. The Hall–Kier alpha value is -3.41. The summed E-state index contributed by atoms with van der Waals surface area (Å²) in [4.78, 5) is 8.92. The van der Waals surface area contributed by atoms with E-state index in [0.29, 0.717) is 12.2 Å². The van der Waals surface area contributed by atoms with Crippen LogP contribution in [0.3, 0.4) is 0 Å². The molecular weight excluding hydrogens is 340 g/mol. The molecule has 2 heterocycles. The lowest BCUT2D eigenvalue weighted by Gasteiger charge is -2.08. The second kappa shape index (κ2) is 7.45. The first kappa shape index (κ1) is 17.0. The predicted octanol–water partition coefficient (Wildman–Crippen LogP) is 3.59. The third kappa shape index (κ3) is 3.46. The summed E-state index contributed by atoms with van der Waals surface area (Å²) in [5.41, 5.74) is 3.20. The third-order valence-electron chi connectivity index (χ3n) is 4.44. The molecule has 0 aliphatic heterocycles. The van der Waals surface area contributed by atoms with Crippen LogP contribution in [0.4, 0.5) is 0 Å². The molecule has 4 rings (SSSR count). The average molecular weight is 360 g/mol. The first-order valence-corrected chi connectivity index (χ1v) is 8.75. The molecule has 0 fully saturated rings. The van der Waals surface area contributed by atoms with Crippen molar-refractivity contribution in [2.75, 3.05) is 14.2 Å². The Labute approximate surface area is 157 Å². The van der Waals surface area contributed by atoms with Crippen LogP contribution in [0.5, 0.6) is 11.5 Å². The van der Waals surface area contributed by atoms with Gasteiger partial charge in [-0.2, -0.15) is 9.50 Å².